The molecule has 0 radical (unpaired) electrons. The van der Waals surface area contributed by atoms with E-state index in [9.17, 15) is 9.59 Å². The van der Waals surface area contributed by atoms with Crippen molar-refractivity contribution in [1.82, 2.24) is 15.2 Å². The zero-order chi connectivity index (χ0) is 18.4. The molecule has 6 heteroatoms. The van der Waals surface area contributed by atoms with Crippen LogP contribution in [-0.4, -0.2) is 34.8 Å². The molecule has 138 valence electrons. The quantitative estimate of drug-likeness (QED) is 0.848. The van der Waals surface area contributed by atoms with Gasteiger partial charge in [0.1, 0.15) is 5.01 Å². The molecule has 0 aliphatic carbocycles. The van der Waals surface area contributed by atoms with Crippen LogP contribution in [-0.2, 0) is 16.0 Å². The maximum atomic E-state index is 12.5. The average molecular weight is 372 g/mol. The van der Waals surface area contributed by atoms with Gasteiger partial charge in [-0.15, -0.1) is 11.3 Å². The molecule has 1 N–H and O–H groups in total. The number of carbonyl (C=O) groups excluding carboxylic acids is 2. The Morgan fingerprint density at radius 1 is 1.27 bits per heavy atom. The number of thiazole rings is 1. The Labute approximate surface area is 158 Å². The van der Waals surface area contributed by atoms with E-state index in [2.05, 4.69) is 22.4 Å². The molecule has 1 aromatic carbocycles. The SMILES string of the molecule is CC(=O)N[C@H](c1nccs1)C1CCN(C(=O)CCc2ccccc2)CC1. The third-order valence-corrected chi connectivity index (χ3v) is 5.77. The first kappa shape index (κ1) is 18.6. The van der Waals surface area contributed by atoms with Gasteiger partial charge in [-0.1, -0.05) is 30.3 Å². The van der Waals surface area contributed by atoms with Crippen molar-refractivity contribution in [3.8, 4) is 0 Å². The fourth-order valence-electron chi connectivity index (χ4n) is 3.52. The normalized spacial score (nSPS) is 16.3. The van der Waals surface area contributed by atoms with E-state index >= 15 is 0 Å². The van der Waals surface area contributed by atoms with E-state index in [0.29, 0.717) is 12.3 Å². The number of rotatable bonds is 6. The smallest absolute Gasteiger partial charge is 0.222 e. The van der Waals surface area contributed by atoms with Crippen LogP contribution >= 0.6 is 11.3 Å². The summed E-state index contributed by atoms with van der Waals surface area (Å²) < 4.78 is 0. The van der Waals surface area contributed by atoms with E-state index < -0.39 is 0 Å². The lowest BCUT2D eigenvalue weighted by atomic mass is 9.89. The molecular formula is C20H25N3O2S. The zero-order valence-corrected chi connectivity index (χ0v) is 15.9. The number of piperidine rings is 1. The minimum Gasteiger partial charge on any atom is -0.347 e. The van der Waals surface area contributed by atoms with E-state index in [-0.39, 0.29) is 17.9 Å². The topological polar surface area (TPSA) is 62.3 Å². The first-order chi connectivity index (χ1) is 12.6. The van der Waals surface area contributed by atoms with Crippen molar-refractivity contribution in [3.05, 3.63) is 52.5 Å². The maximum Gasteiger partial charge on any atom is 0.222 e. The molecule has 1 aliphatic heterocycles. The van der Waals surface area contributed by atoms with Crippen molar-refractivity contribution in [2.75, 3.05) is 13.1 Å². The number of nitrogens with zero attached hydrogens (tertiary/aromatic N) is 2. The second-order valence-electron chi connectivity index (χ2n) is 6.75. The molecule has 0 bridgehead atoms. The molecule has 1 aliphatic rings. The molecule has 5 nitrogen and oxygen atoms in total. The first-order valence-electron chi connectivity index (χ1n) is 9.11. The van der Waals surface area contributed by atoms with E-state index in [1.54, 1.807) is 24.5 Å². The number of nitrogens with one attached hydrogen (secondary N) is 1. The Morgan fingerprint density at radius 3 is 2.62 bits per heavy atom. The maximum absolute atomic E-state index is 12.5. The highest BCUT2D eigenvalue weighted by atomic mass is 32.1. The Kier molecular flexibility index (Phi) is 6.39. The van der Waals surface area contributed by atoms with Gasteiger partial charge in [-0.3, -0.25) is 9.59 Å². The third kappa shape index (κ3) is 4.91. The predicted octanol–water partition coefficient (Wildman–Crippen LogP) is 3.19. The van der Waals surface area contributed by atoms with Crippen molar-refractivity contribution in [2.45, 2.75) is 38.6 Å². The highest BCUT2D eigenvalue weighted by Crippen LogP contribution is 2.32. The summed E-state index contributed by atoms with van der Waals surface area (Å²) in [5, 5.41) is 5.94. The summed E-state index contributed by atoms with van der Waals surface area (Å²) in [6, 6.07) is 10.1. The van der Waals surface area contributed by atoms with Gasteiger partial charge in [0.05, 0.1) is 6.04 Å². The lowest BCUT2D eigenvalue weighted by molar-refractivity contribution is -0.133. The number of aryl methyl sites for hydroxylation is 1. The number of likely N-dealkylation sites (tertiary alicyclic amines) is 1. The van der Waals surface area contributed by atoms with Crippen molar-refractivity contribution < 1.29 is 9.59 Å². The van der Waals surface area contributed by atoms with Crippen LogP contribution in [0.1, 0.15) is 42.8 Å². The monoisotopic (exact) mass is 371 g/mol. The molecule has 1 saturated heterocycles. The van der Waals surface area contributed by atoms with Crippen LogP contribution in [0, 0.1) is 5.92 Å². The predicted molar refractivity (Wildman–Crippen MR) is 103 cm³/mol. The number of hydrogen-bond acceptors (Lipinski definition) is 4. The van der Waals surface area contributed by atoms with Crippen LogP contribution in [0.2, 0.25) is 0 Å². The highest BCUT2D eigenvalue weighted by Gasteiger charge is 2.31. The van der Waals surface area contributed by atoms with Crippen LogP contribution in [0.15, 0.2) is 41.9 Å². The summed E-state index contributed by atoms with van der Waals surface area (Å²) in [5.41, 5.74) is 1.20. The number of carbonyl (C=O) groups is 2. The van der Waals surface area contributed by atoms with Crippen LogP contribution in [0.5, 0.6) is 0 Å². The number of amides is 2. The summed E-state index contributed by atoms with van der Waals surface area (Å²) in [6.45, 7) is 3.04. The fraction of sp³-hybridized carbons (Fsp3) is 0.450. The van der Waals surface area contributed by atoms with Gasteiger partial charge in [-0.25, -0.2) is 4.98 Å². The van der Waals surface area contributed by atoms with Crippen molar-refractivity contribution in [3.63, 3.8) is 0 Å². The van der Waals surface area contributed by atoms with Gasteiger partial charge in [-0.2, -0.15) is 0 Å². The molecule has 0 spiro atoms. The lowest BCUT2D eigenvalue weighted by Crippen LogP contribution is -2.42. The molecule has 0 saturated carbocycles. The van der Waals surface area contributed by atoms with Crippen LogP contribution in [0.4, 0.5) is 0 Å². The Balaban J connectivity index is 1.52. The Morgan fingerprint density at radius 2 is 2.00 bits per heavy atom. The second-order valence-corrected chi connectivity index (χ2v) is 7.68. The Hall–Kier alpha value is -2.21. The highest BCUT2D eigenvalue weighted by molar-refractivity contribution is 7.09. The molecule has 2 amide bonds. The molecule has 3 rings (SSSR count). The first-order valence-corrected chi connectivity index (χ1v) is 9.99. The van der Waals surface area contributed by atoms with Crippen LogP contribution in [0.25, 0.3) is 0 Å². The average Bonchev–Trinajstić information content (AvgIpc) is 3.19. The van der Waals surface area contributed by atoms with Crippen molar-refractivity contribution >= 4 is 23.2 Å². The van der Waals surface area contributed by atoms with E-state index in [1.165, 1.54) is 5.56 Å². The van der Waals surface area contributed by atoms with Crippen LogP contribution in [0.3, 0.4) is 0 Å². The lowest BCUT2D eigenvalue weighted by Gasteiger charge is -2.35. The molecule has 2 aromatic rings. The molecular weight excluding hydrogens is 346 g/mol. The van der Waals surface area contributed by atoms with E-state index in [0.717, 1.165) is 37.4 Å². The van der Waals surface area contributed by atoms with E-state index in [4.69, 9.17) is 0 Å². The summed E-state index contributed by atoms with van der Waals surface area (Å²) in [4.78, 5) is 30.4. The number of hydrogen-bond donors (Lipinski definition) is 1. The summed E-state index contributed by atoms with van der Waals surface area (Å²) in [7, 11) is 0. The fourth-order valence-corrected chi connectivity index (χ4v) is 4.31. The second kappa shape index (κ2) is 8.94. The zero-order valence-electron chi connectivity index (χ0n) is 15.1. The van der Waals surface area contributed by atoms with Gasteiger partial charge < -0.3 is 10.2 Å². The van der Waals surface area contributed by atoms with Gasteiger partial charge >= 0.3 is 0 Å². The van der Waals surface area contributed by atoms with Gasteiger partial charge in [-0.05, 0) is 30.7 Å². The van der Waals surface area contributed by atoms with Gasteiger partial charge in [0.15, 0.2) is 0 Å². The third-order valence-electron chi connectivity index (χ3n) is 4.91. The van der Waals surface area contributed by atoms with Crippen LogP contribution < -0.4 is 5.32 Å². The van der Waals surface area contributed by atoms with Gasteiger partial charge in [0, 0.05) is 38.0 Å². The summed E-state index contributed by atoms with van der Waals surface area (Å²) in [5.74, 6) is 0.507. The molecule has 0 unspecified atom stereocenters. The Bertz CT molecular complexity index is 710. The largest absolute Gasteiger partial charge is 0.347 e. The number of benzene rings is 1. The molecule has 1 aromatic heterocycles. The molecule has 1 fully saturated rings. The summed E-state index contributed by atoms with van der Waals surface area (Å²) >= 11 is 1.57. The minimum absolute atomic E-state index is 0.0356. The van der Waals surface area contributed by atoms with E-state index in [1.807, 2.05) is 28.5 Å². The number of aromatic nitrogens is 1. The van der Waals surface area contributed by atoms with Crippen molar-refractivity contribution in [2.24, 2.45) is 5.92 Å². The molecule has 1 atom stereocenters. The molecule has 26 heavy (non-hydrogen) atoms. The molecule has 2 heterocycles. The van der Waals surface area contributed by atoms with Crippen molar-refractivity contribution in [1.29, 1.82) is 0 Å². The summed E-state index contributed by atoms with van der Waals surface area (Å²) in [6.07, 6.45) is 4.89. The van der Waals surface area contributed by atoms with Gasteiger partial charge in [0.25, 0.3) is 0 Å². The minimum atomic E-state index is -0.0472. The standard InChI is InChI=1S/C20H25N3O2S/c1-15(24)22-19(20-21-11-14-26-20)17-9-12-23(13-10-17)18(25)8-7-16-5-3-2-4-6-16/h2-6,11,14,17,19H,7-10,12-13H2,1H3,(H,22,24)/t19-/m0/s1. The van der Waals surface area contributed by atoms with Gasteiger partial charge in [0.2, 0.25) is 11.8 Å².